The number of amides is 1. The summed E-state index contributed by atoms with van der Waals surface area (Å²) in [6.45, 7) is 1.29. The highest BCUT2D eigenvalue weighted by Crippen LogP contribution is 2.24. The highest BCUT2D eigenvalue weighted by molar-refractivity contribution is 7.89. The van der Waals surface area contributed by atoms with E-state index in [0.29, 0.717) is 17.9 Å². The lowest BCUT2D eigenvalue weighted by atomic mass is 10.1. The molecule has 0 spiro atoms. The smallest absolute Gasteiger partial charge is 0.337 e. The van der Waals surface area contributed by atoms with Gasteiger partial charge < -0.3 is 19.5 Å². The largest absolute Gasteiger partial charge is 0.495 e. The molecule has 33 heavy (non-hydrogen) atoms. The van der Waals surface area contributed by atoms with Gasteiger partial charge in [0, 0.05) is 6.54 Å². The molecule has 0 aliphatic rings. The number of esters is 2. The van der Waals surface area contributed by atoms with E-state index in [0.717, 1.165) is 30.7 Å². The fourth-order valence-corrected chi connectivity index (χ4v) is 4.56. The molecular formula is C22H26N2O8S. The van der Waals surface area contributed by atoms with Crippen molar-refractivity contribution in [1.29, 1.82) is 0 Å². The van der Waals surface area contributed by atoms with Gasteiger partial charge in [-0.25, -0.2) is 18.0 Å². The number of nitrogens with zero attached hydrogens (tertiary/aromatic N) is 1. The van der Waals surface area contributed by atoms with E-state index in [1.54, 1.807) is 31.2 Å². The predicted octanol–water partition coefficient (Wildman–Crippen LogP) is 2.31. The first-order valence-corrected chi connectivity index (χ1v) is 11.4. The molecule has 0 radical (unpaired) electrons. The van der Waals surface area contributed by atoms with Crippen LogP contribution in [0.25, 0.3) is 0 Å². The summed E-state index contributed by atoms with van der Waals surface area (Å²) in [6.07, 6.45) is 0.418. The monoisotopic (exact) mass is 478 g/mol. The van der Waals surface area contributed by atoms with Crippen LogP contribution < -0.4 is 10.1 Å². The summed E-state index contributed by atoms with van der Waals surface area (Å²) in [7, 11) is -0.555. The van der Waals surface area contributed by atoms with Gasteiger partial charge in [0.2, 0.25) is 15.9 Å². The first kappa shape index (κ1) is 25.8. The van der Waals surface area contributed by atoms with E-state index in [-0.39, 0.29) is 22.6 Å². The second kappa shape index (κ2) is 11.4. The zero-order valence-corrected chi connectivity index (χ0v) is 19.6. The van der Waals surface area contributed by atoms with E-state index in [1.165, 1.54) is 13.2 Å². The van der Waals surface area contributed by atoms with Crippen molar-refractivity contribution in [2.75, 3.05) is 39.7 Å². The minimum Gasteiger partial charge on any atom is -0.495 e. The molecule has 0 atom stereocenters. The number of rotatable bonds is 10. The van der Waals surface area contributed by atoms with Gasteiger partial charge in [-0.2, -0.15) is 4.31 Å². The Morgan fingerprint density at radius 1 is 0.939 bits per heavy atom. The van der Waals surface area contributed by atoms with Crippen molar-refractivity contribution in [3.8, 4) is 5.75 Å². The van der Waals surface area contributed by atoms with Gasteiger partial charge in [0.15, 0.2) is 0 Å². The molecule has 0 saturated carbocycles. The van der Waals surface area contributed by atoms with Gasteiger partial charge in [-0.1, -0.05) is 19.1 Å². The van der Waals surface area contributed by atoms with E-state index < -0.39 is 34.4 Å². The maximum absolute atomic E-state index is 13.4. The molecule has 0 heterocycles. The maximum atomic E-state index is 13.4. The third-order valence-corrected chi connectivity index (χ3v) is 6.38. The van der Waals surface area contributed by atoms with Gasteiger partial charge in [0.05, 0.1) is 49.6 Å². The Labute approximate surface area is 192 Å². The van der Waals surface area contributed by atoms with E-state index >= 15 is 0 Å². The van der Waals surface area contributed by atoms with Gasteiger partial charge in [0.25, 0.3) is 0 Å². The van der Waals surface area contributed by atoms with E-state index in [4.69, 9.17) is 4.74 Å². The van der Waals surface area contributed by atoms with Crippen LogP contribution in [0.2, 0.25) is 0 Å². The molecule has 2 aromatic rings. The minimum atomic E-state index is -4.27. The Bertz CT molecular complexity index is 1100. The molecule has 11 heteroatoms. The van der Waals surface area contributed by atoms with E-state index in [9.17, 15) is 22.8 Å². The molecule has 10 nitrogen and oxygen atoms in total. The van der Waals surface area contributed by atoms with E-state index in [2.05, 4.69) is 14.8 Å². The van der Waals surface area contributed by atoms with Crippen LogP contribution in [0.3, 0.4) is 0 Å². The lowest BCUT2D eigenvalue weighted by Crippen LogP contribution is -2.38. The van der Waals surface area contributed by atoms with Gasteiger partial charge >= 0.3 is 11.9 Å². The lowest BCUT2D eigenvalue weighted by Gasteiger charge is -2.22. The Kier molecular flexibility index (Phi) is 8.94. The van der Waals surface area contributed by atoms with Crippen molar-refractivity contribution in [2.45, 2.75) is 18.2 Å². The summed E-state index contributed by atoms with van der Waals surface area (Å²) in [4.78, 5) is 36.4. The summed E-state index contributed by atoms with van der Waals surface area (Å²) in [5.41, 5.74) is 0.0994. The van der Waals surface area contributed by atoms with Crippen LogP contribution in [0, 0.1) is 0 Å². The number of carbonyl (C=O) groups is 3. The number of para-hydroxylation sites is 2. The molecule has 0 saturated heterocycles. The Balaban J connectivity index is 2.42. The van der Waals surface area contributed by atoms with Gasteiger partial charge in [-0.3, -0.25) is 4.79 Å². The number of ether oxygens (including phenoxy) is 3. The van der Waals surface area contributed by atoms with Crippen molar-refractivity contribution in [3.05, 3.63) is 53.6 Å². The molecule has 2 rings (SSSR count). The topological polar surface area (TPSA) is 128 Å². The normalized spacial score (nSPS) is 11.1. The van der Waals surface area contributed by atoms with Crippen LogP contribution in [0.15, 0.2) is 47.4 Å². The minimum absolute atomic E-state index is 0.0255. The number of benzene rings is 2. The van der Waals surface area contributed by atoms with Crippen LogP contribution >= 0.6 is 0 Å². The Morgan fingerprint density at radius 3 is 2.03 bits per heavy atom. The summed E-state index contributed by atoms with van der Waals surface area (Å²) >= 11 is 0. The molecule has 0 aliphatic carbocycles. The van der Waals surface area contributed by atoms with Crippen LogP contribution in [0.5, 0.6) is 5.75 Å². The maximum Gasteiger partial charge on any atom is 0.337 e. The van der Waals surface area contributed by atoms with Crippen LogP contribution in [-0.4, -0.2) is 65.0 Å². The van der Waals surface area contributed by atoms with Crippen LogP contribution in [-0.2, 0) is 24.3 Å². The molecule has 178 valence electrons. The number of carbonyl (C=O) groups excluding carboxylic acids is 3. The second-order valence-electron chi connectivity index (χ2n) is 6.82. The SMILES string of the molecule is CCCN(CC(=O)Nc1ccccc1OC)S(=O)(=O)c1cc(C(=O)OC)cc(C(=O)OC)c1. The predicted molar refractivity (Wildman–Crippen MR) is 120 cm³/mol. The highest BCUT2D eigenvalue weighted by Gasteiger charge is 2.29. The van der Waals surface area contributed by atoms with Crippen molar-refractivity contribution in [3.63, 3.8) is 0 Å². The molecule has 1 amide bonds. The summed E-state index contributed by atoms with van der Waals surface area (Å²) in [5.74, 6) is -1.82. The van der Waals surface area contributed by atoms with Crippen molar-refractivity contribution < 1.29 is 37.0 Å². The fraction of sp³-hybridized carbons (Fsp3) is 0.318. The summed E-state index contributed by atoms with van der Waals surface area (Å²) < 4.78 is 42.2. The summed E-state index contributed by atoms with van der Waals surface area (Å²) in [5, 5.41) is 2.63. The lowest BCUT2D eigenvalue weighted by molar-refractivity contribution is -0.116. The van der Waals surface area contributed by atoms with Gasteiger partial charge in [-0.15, -0.1) is 0 Å². The Hall–Kier alpha value is -3.44. The fourth-order valence-electron chi connectivity index (χ4n) is 3.00. The number of hydrogen-bond acceptors (Lipinski definition) is 8. The molecule has 1 N–H and O–H groups in total. The molecular weight excluding hydrogens is 452 g/mol. The van der Waals surface area contributed by atoms with Gasteiger partial charge in [-0.05, 0) is 36.8 Å². The molecule has 2 aromatic carbocycles. The Morgan fingerprint density at radius 2 is 1.52 bits per heavy atom. The van der Waals surface area contributed by atoms with E-state index in [1.807, 2.05) is 0 Å². The molecule has 0 fully saturated rings. The highest BCUT2D eigenvalue weighted by atomic mass is 32.2. The van der Waals surface area contributed by atoms with Crippen molar-refractivity contribution in [2.24, 2.45) is 0 Å². The quantitative estimate of drug-likeness (QED) is 0.515. The first-order chi connectivity index (χ1) is 15.7. The number of sulfonamides is 1. The second-order valence-corrected chi connectivity index (χ2v) is 8.75. The number of nitrogens with one attached hydrogen (secondary N) is 1. The third-order valence-electron chi connectivity index (χ3n) is 4.56. The number of anilines is 1. The average molecular weight is 479 g/mol. The van der Waals surface area contributed by atoms with Crippen molar-refractivity contribution in [1.82, 2.24) is 4.31 Å². The molecule has 0 aromatic heterocycles. The van der Waals surface area contributed by atoms with Crippen molar-refractivity contribution >= 4 is 33.6 Å². The van der Waals surface area contributed by atoms with Crippen LogP contribution in [0.1, 0.15) is 34.1 Å². The number of hydrogen-bond donors (Lipinski definition) is 1. The number of methoxy groups -OCH3 is 3. The van der Waals surface area contributed by atoms with Crippen LogP contribution in [0.4, 0.5) is 5.69 Å². The zero-order valence-electron chi connectivity index (χ0n) is 18.8. The molecule has 0 bridgehead atoms. The van der Waals surface area contributed by atoms with Gasteiger partial charge in [0.1, 0.15) is 5.75 Å². The summed E-state index contributed by atoms with van der Waals surface area (Å²) in [6, 6.07) is 10.1. The third kappa shape index (κ3) is 6.30. The molecule has 0 aliphatic heterocycles. The zero-order chi connectivity index (χ0) is 24.6. The average Bonchev–Trinajstić information content (AvgIpc) is 2.82. The molecule has 0 unspecified atom stereocenters. The first-order valence-electron chi connectivity index (χ1n) is 9.92. The standard InChI is InChI=1S/C22H26N2O8S/c1-5-10-24(14-20(25)23-18-8-6-7-9-19(18)30-2)33(28,29)17-12-15(21(26)31-3)11-16(13-17)22(27)32-4/h6-9,11-13H,5,10,14H2,1-4H3,(H,23,25).